The van der Waals surface area contributed by atoms with E-state index in [9.17, 15) is 14.4 Å². The zero-order valence-electron chi connectivity index (χ0n) is 24.2. The van der Waals surface area contributed by atoms with Crippen LogP contribution in [0.1, 0.15) is 63.5 Å². The summed E-state index contributed by atoms with van der Waals surface area (Å²) in [5.41, 5.74) is 1.90. The van der Waals surface area contributed by atoms with Gasteiger partial charge in [0.15, 0.2) is 0 Å². The van der Waals surface area contributed by atoms with E-state index in [1.54, 1.807) is 4.90 Å². The van der Waals surface area contributed by atoms with Crippen LogP contribution in [0.5, 0.6) is 5.75 Å². The highest BCUT2D eigenvalue weighted by Crippen LogP contribution is 2.16. The number of hydrogen-bond donors (Lipinski definition) is 3. The molecule has 1 saturated heterocycles. The largest absolute Gasteiger partial charge is 0.489 e. The summed E-state index contributed by atoms with van der Waals surface area (Å²) < 4.78 is 5.87. The minimum Gasteiger partial charge on any atom is -0.489 e. The lowest BCUT2D eigenvalue weighted by Crippen LogP contribution is -2.56. The first kappa shape index (κ1) is 31.5. The second-order valence-electron chi connectivity index (χ2n) is 10.9. The quantitative estimate of drug-likeness (QED) is 0.314. The number of benzene rings is 2. The molecule has 0 unspecified atom stereocenters. The predicted octanol–water partition coefficient (Wildman–Crippen LogP) is 4.32. The SMILES string of the molecule is CC(C)C[C@H](NC(=O)N1CCCCCC1)C(=O)N[C@@H](Cc1ccc(OCc2ccccc2)cc1)C(=O)NCCC#N. The molecule has 0 saturated carbocycles. The van der Waals surface area contributed by atoms with E-state index in [1.807, 2.05) is 74.5 Å². The Balaban J connectivity index is 1.67. The van der Waals surface area contributed by atoms with Gasteiger partial charge in [0.1, 0.15) is 24.4 Å². The first-order chi connectivity index (χ1) is 19.9. The lowest BCUT2D eigenvalue weighted by atomic mass is 10.0. The molecule has 4 amide bonds. The average molecular weight is 562 g/mol. The predicted molar refractivity (Wildman–Crippen MR) is 158 cm³/mol. The summed E-state index contributed by atoms with van der Waals surface area (Å²) in [5, 5.41) is 17.4. The molecule has 1 aliphatic rings. The van der Waals surface area contributed by atoms with E-state index in [0.29, 0.717) is 31.9 Å². The van der Waals surface area contributed by atoms with Crippen LogP contribution in [0.15, 0.2) is 54.6 Å². The Morgan fingerprint density at radius 1 is 0.878 bits per heavy atom. The summed E-state index contributed by atoms with van der Waals surface area (Å²) in [7, 11) is 0. The zero-order valence-corrected chi connectivity index (χ0v) is 24.2. The zero-order chi connectivity index (χ0) is 29.5. The number of ether oxygens (including phenoxy) is 1. The van der Waals surface area contributed by atoms with Gasteiger partial charge in [-0.25, -0.2) is 4.79 Å². The van der Waals surface area contributed by atoms with Gasteiger partial charge in [0.05, 0.1) is 12.5 Å². The van der Waals surface area contributed by atoms with Crippen LogP contribution < -0.4 is 20.7 Å². The lowest BCUT2D eigenvalue weighted by molar-refractivity contribution is -0.130. The molecule has 3 rings (SSSR count). The second-order valence-corrected chi connectivity index (χ2v) is 10.9. The lowest BCUT2D eigenvalue weighted by Gasteiger charge is -2.27. The molecular weight excluding hydrogens is 518 g/mol. The Morgan fingerprint density at radius 2 is 1.56 bits per heavy atom. The van der Waals surface area contributed by atoms with Crippen molar-refractivity contribution in [1.82, 2.24) is 20.9 Å². The number of amides is 4. The third kappa shape index (κ3) is 11.1. The van der Waals surface area contributed by atoms with Gasteiger partial charge in [-0.15, -0.1) is 0 Å². The molecule has 1 heterocycles. The van der Waals surface area contributed by atoms with Gasteiger partial charge >= 0.3 is 6.03 Å². The van der Waals surface area contributed by atoms with E-state index < -0.39 is 18.0 Å². The maximum Gasteiger partial charge on any atom is 0.318 e. The summed E-state index contributed by atoms with van der Waals surface area (Å²) in [5.74, 6) is 0.0802. The van der Waals surface area contributed by atoms with Gasteiger partial charge in [0, 0.05) is 26.1 Å². The number of nitrogens with one attached hydrogen (secondary N) is 3. The van der Waals surface area contributed by atoms with E-state index in [-0.39, 0.29) is 37.2 Å². The van der Waals surface area contributed by atoms with Crippen molar-refractivity contribution in [3.63, 3.8) is 0 Å². The molecule has 0 bridgehead atoms. The van der Waals surface area contributed by atoms with Gasteiger partial charge in [0.25, 0.3) is 0 Å². The van der Waals surface area contributed by atoms with Crippen molar-refractivity contribution in [3.8, 4) is 11.8 Å². The summed E-state index contributed by atoms with van der Waals surface area (Å²) in [6.45, 7) is 5.97. The Labute approximate surface area is 243 Å². The minimum absolute atomic E-state index is 0.154. The highest BCUT2D eigenvalue weighted by atomic mass is 16.5. The van der Waals surface area contributed by atoms with Crippen LogP contribution in [-0.2, 0) is 22.6 Å². The first-order valence-corrected chi connectivity index (χ1v) is 14.6. The van der Waals surface area contributed by atoms with Crippen LogP contribution in [0.2, 0.25) is 0 Å². The monoisotopic (exact) mass is 561 g/mol. The number of nitrogens with zero attached hydrogens (tertiary/aromatic N) is 2. The topological polar surface area (TPSA) is 124 Å². The van der Waals surface area contributed by atoms with Crippen LogP contribution in [0, 0.1) is 17.2 Å². The van der Waals surface area contributed by atoms with Crippen molar-refractivity contribution < 1.29 is 19.1 Å². The maximum absolute atomic E-state index is 13.5. The molecule has 2 aromatic carbocycles. The molecule has 0 aromatic heterocycles. The standard InChI is InChI=1S/C32H43N5O4/c1-24(2)21-28(36-32(40)37-19-8-3-4-9-20-37)31(39)35-29(30(38)34-18-10-17-33)22-25-13-15-27(16-14-25)41-23-26-11-6-5-7-12-26/h5-7,11-16,24,28-29H,3-4,8-10,18-23H2,1-2H3,(H,34,38)(H,35,39)(H,36,40)/t28-,29-/m0/s1. The smallest absolute Gasteiger partial charge is 0.318 e. The first-order valence-electron chi connectivity index (χ1n) is 14.6. The van der Waals surface area contributed by atoms with Crippen LogP contribution in [0.3, 0.4) is 0 Å². The minimum atomic E-state index is -0.873. The maximum atomic E-state index is 13.5. The van der Waals surface area contributed by atoms with Crippen LogP contribution in [-0.4, -0.2) is 54.5 Å². The fourth-order valence-electron chi connectivity index (χ4n) is 4.76. The van der Waals surface area contributed by atoms with Gasteiger partial charge in [-0.3, -0.25) is 9.59 Å². The van der Waals surface area contributed by atoms with Crippen molar-refractivity contribution in [2.45, 2.75) is 77.5 Å². The van der Waals surface area contributed by atoms with Crippen LogP contribution >= 0.6 is 0 Å². The van der Waals surface area contributed by atoms with E-state index in [0.717, 1.165) is 36.8 Å². The number of urea groups is 1. The third-order valence-electron chi connectivity index (χ3n) is 7.00. The molecule has 9 heteroatoms. The Morgan fingerprint density at radius 3 is 2.20 bits per heavy atom. The molecule has 9 nitrogen and oxygen atoms in total. The van der Waals surface area contributed by atoms with Crippen molar-refractivity contribution >= 4 is 17.8 Å². The molecule has 2 aromatic rings. The van der Waals surface area contributed by atoms with E-state index in [1.165, 1.54) is 0 Å². The van der Waals surface area contributed by atoms with Crippen molar-refractivity contribution in [2.24, 2.45) is 5.92 Å². The molecule has 0 aliphatic carbocycles. The van der Waals surface area contributed by atoms with Gasteiger partial charge in [-0.05, 0) is 48.4 Å². The van der Waals surface area contributed by atoms with Crippen molar-refractivity contribution in [2.75, 3.05) is 19.6 Å². The van der Waals surface area contributed by atoms with Crippen molar-refractivity contribution in [1.29, 1.82) is 5.26 Å². The third-order valence-corrected chi connectivity index (χ3v) is 7.00. The fourth-order valence-corrected chi connectivity index (χ4v) is 4.76. The number of nitriles is 1. The Bertz CT molecular complexity index is 1140. The van der Waals surface area contributed by atoms with Gasteiger partial charge in [-0.2, -0.15) is 5.26 Å². The second kappa shape index (κ2) is 16.9. The summed E-state index contributed by atoms with van der Waals surface area (Å²) >= 11 is 0. The molecule has 1 fully saturated rings. The summed E-state index contributed by atoms with van der Waals surface area (Å²) in [6.07, 6.45) is 4.97. The van der Waals surface area contributed by atoms with Crippen molar-refractivity contribution in [3.05, 3.63) is 65.7 Å². The molecule has 3 N–H and O–H groups in total. The molecule has 41 heavy (non-hydrogen) atoms. The molecule has 0 spiro atoms. The van der Waals surface area contributed by atoms with E-state index in [2.05, 4.69) is 16.0 Å². The number of hydrogen-bond acceptors (Lipinski definition) is 5. The number of likely N-dealkylation sites (tertiary alicyclic amines) is 1. The van der Waals surface area contributed by atoms with Gasteiger partial charge in [0.2, 0.25) is 11.8 Å². The van der Waals surface area contributed by atoms with E-state index in [4.69, 9.17) is 10.00 Å². The number of rotatable bonds is 13. The van der Waals surface area contributed by atoms with Crippen LogP contribution in [0.25, 0.3) is 0 Å². The van der Waals surface area contributed by atoms with E-state index >= 15 is 0 Å². The average Bonchev–Trinajstić information content (AvgIpc) is 3.26. The fraction of sp³-hybridized carbons (Fsp3) is 0.500. The molecule has 220 valence electrons. The highest BCUT2D eigenvalue weighted by Gasteiger charge is 2.29. The van der Waals surface area contributed by atoms with Crippen LogP contribution in [0.4, 0.5) is 4.79 Å². The van der Waals surface area contributed by atoms with Gasteiger partial charge in [-0.1, -0.05) is 69.2 Å². The molecule has 2 atom stereocenters. The number of carbonyl (C=O) groups is 3. The molecule has 1 aliphatic heterocycles. The molecular formula is C32H43N5O4. The van der Waals surface area contributed by atoms with Gasteiger partial charge < -0.3 is 25.6 Å². The summed E-state index contributed by atoms with van der Waals surface area (Å²) in [4.78, 5) is 41.4. The number of carbonyl (C=O) groups excluding carboxylic acids is 3. The Kier molecular flexibility index (Phi) is 13.0. The Hall–Kier alpha value is -4.06. The summed E-state index contributed by atoms with van der Waals surface area (Å²) in [6, 6.07) is 17.4. The molecule has 0 radical (unpaired) electrons. The highest BCUT2D eigenvalue weighted by molar-refractivity contribution is 5.92. The normalized spacial score (nSPS) is 14.7.